The van der Waals surface area contributed by atoms with Crippen LogP contribution in [0.25, 0.3) is 0 Å². The van der Waals surface area contributed by atoms with E-state index >= 15 is 0 Å². The van der Waals surface area contributed by atoms with Crippen molar-refractivity contribution in [3.05, 3.63) is 29.8 Å². The third kappa shape index (κ3) is 3.14. The molecule has 1 saturated carbocycles. The predicted octanol–water partition coefficient (Wildman–Crippen LogP) is 2.73. The number of aliphatic imine (C=N–C) groups is 1. The Morgan fingerprint density at radius 2 is 2.24 bits per heavy atom. The van der Waals surface area contributed by atoms with Crippen LogP contribution in [0.15, 0.2) is 29.3 Å². The minimum Gasteiger partial charge on any atom is -0.508 e. The summed E-state index contributed by atoms with van der Waals surface area (Å²) in [5, 5.41) is 12.9. The number of likely N-dealkylation sites (tertiary alicyclic amines) is 1. The molecule has 1 saturated heterocycles. The summed E-state index contributed by atoms with van der Waals surface area (Å²) in [6.45, 7) is 5.88. The summed E-state index contributed by atoms with van der Waals surface area (Å²) < 4.78 is 0. The van der Waals surface area contributed by atoms with Gasteiger partial charge in [-0.05, 0) is 49.3 Å². The van der Waals surface area contributed by atoms with Crippen molar-refractivity contribution in [3.63, 3.8) is 0 Å². The molecule has 1 spiro atoms. The van der Waals surface area contributed by atoms with Crippen molar-refractivity contribution in [2.45, 2.75) is 39.2 Å². The number of phenolic OH excluding ortho intramolecular Hbond substituents is 1. The Balaban J connectivity index is 1.67. The molecule has 0 amide bonds. The second kappa shape index (κ2) is 5.96. The Bertz CT molecular complexity index is 523. The zero-order valence-electron chi connectivity index (χ0n) is 12.8. The van der Waals surface area contributed by atoms with E-state index in [0.717, 1.165) is 31.2 Å². The van der Waals surface area contributed by atoms with E-state index in [-0.39, 0.29) is 0 Å². The fourth-order valence-electron chi connectivity index (χ4n) is 3.45. The second-order valence-electron chi connectivity index (χ2n) is 6.37. The molecule has 0 aromatic heterocycles. The van der Waals surface area contributed by atoms with E-state index in [0.29, 0.717) is 17.7 Å². The first-order valence-electron chi connectivity index (χ1n) is 8.02. The first-order chi connectivity index (χ1) is 10.2. The van der Waals surface area contributed by atoms with Crippen molar-refractivity contribution in [1.82, 2.24) is 10.2 Å². The fraction of sp³-hybridized carbons (Fsp3) is 0.588. The van der Waals surface area contributed by atoms with Gasteiger partial charge in [0.15, 0.2) is 5.96 Å². The highest BCUT2D eigenvalue weighted by Gasteiger charge is 2.43. The number of rotatable bonds is 3. The van der Waals surface area contributed by atoms with Crippen LogP contribution < -0.4 is 5.32 Å². The number of phenols is 1. The Morgan fingerprint density at radius 3 is 2.86 bits per heavy atom. The van der Waals surface area contributed by atoms with Gasteiger partial charge in [0.1, 0.15) is 5.75 Å². The van der Waals surface area contributed by atoms with E-state index in [2.05, 4.69) is 17.1 Å². The number of nitrogens with zero attached hydrogens (tertiary/aromatic N) is 2. The van der Waals surface area contributed by atoms with Crippen LogP contribution in [0, 0.1) is 5.41 Å². The van der Waals surface area contributed by atoms with Crippen LogP contribution in [0.5, 0.6) is 5.75 Å². The maximum absolute atomic E-state index is 9.53. The average molecular weight is 287 g/mol. The molecule has 114 valence electrons. The summed E-state index contributed by atoms with van der Waals surface area (Å²) in [6, 6.07) is 7.35. The lowest BCUT2D eigenvalue weighted by Crippen LogP contribution is -2.42. The topological polar surface area (TPSA) is 47.9 Å². The average Bonchev–Trinajstić information content (AvgIpc) is 2.89. The van der Waals surface area contributed by atoms with Crippen LogP contribution in [0.3, 0.4) is 0 Å². The second-order valence-corrected chi connectivity index (χ2v) is 6.37. The molecule has 2 fully saturated rings. The zero-order chi connectivity index (χ0) is 14.7. The van der Waals surface area contributed by atoms with E-state index in [4.69, 9.17) is 4.99 Å². The van der Waals surface area contributed by atoms with Gasteiger partial charge in [0.25, 0.3) is 0 Å². The quantitative estimate of drug-likeness (QED) is 0.664. The Hall–Kier alpha value is -1.71. The molecule has 0 unspecified atom stereocenters. The third-order valence-corrected chi connectivity index (χ3v) is 4.81. The number of aromatic hydroxyl groups is 1. The minimum atomic E-state index is 0.308. The predicted molar refractivity (Wildman–Crippen MR) is 85.4 cm³/mol. The number of benzene rings is 1. The molecule has 21 heavy (non-hydrogen) atoms. The molecular weight excluding hydrogens is 262 g/mol. The molecule has 1 aliphatic heterocycles. The Morgan fingerprint density at radius 1 is 1.38 bits per heavy atom. The molecule has 0 atom stereocenters. The van der Waals surface area contributed by atoms with Gasteiger partial charge in [0.05, 0.1) is 6.54 Å². The van der Waals surface area contributed by atoms with Crippen molar-refractivity contribution in [2.75, 3.05) is 19.6 Å². The van der Waals surface area contributed by atoms with Gasteiger partial charge in [-0.15, -0.1) is 0 Å². The number of hydrogen-bond acceptors (Lipinski definition) is 2. The molecule has 0 bridgehead atoms. The lowest BCUT2D eigenvalue weighted by molar-refractivity contribution is 0.151. The monoisotopic (exact) mass is 287 g/mol. The molecule has 1 aromatic carbocycles. The van der Waals surface area contributed by atoms with Gasteiger partial charge in [-0.25, -0.2) is 4.99 Å². The van der Waals surface area contributed by atoms with Gasteiger partial charge in [0, 0.05) is 19.6 Å². The number of hydrogen-bond donors (Lipinski definition) is 2. The van der Waals surface area contributed by atoms with E-state index in [9.17, 15) is 5.11 Å². The van der Waals surface area contributed by atoms with E-state index in [1.165, 1.54) is 25.7 Å². The van der Waals surface area contributed by atoms with E-state index in [1.54, 1.807) is 12.1 Å². The highest BCUT2D eigenvalue weighted by atomic mass is 16.3. The van der Waals surface area contributed by atoms with Crippen molar-refractivity contribution < 1.29 is 5.11 Å². The summed E-state index contributed by atoms with van der Waals surface area (Å²) in [6.07, 6.45) is 5.47. The van der Waals surface area contributed by atoms with Crippen LogP contribution in [0.2, 0.25) is 0 Å². The first-order valence-corrected chi connectivity index (χ1v) is 8.02. The molecule has 4 nitrogen and oxygen atoms in total. The molecule has 1 heterocycles. The van der Waals surface area contributed by atoms with Crippen LogP contribution in [0.4, 0.5) is 0 Å². The Kier molecular flexibility index (Phi) is 4.04. The molecule has 0 radical (unpaired) electrons. The molecule has 1 aromatic rings. The van der Waals surface area contributed by atoms with Crippen molar-refractivity contribution in [2.24, 2.45) is 10.4 Å². The lowest BCUT2D eigenvalue weighted by Gasteiger charge is -2.38. The van der Waals surface area contributed by atoms with E-state index < -0.39 is 0 Å². The Labute approximate surface area is 126 Å². The molecule has 3 rings (SSSR count). The van der Waals surface area contributed by atoms with Gasteiger partial charge in [0.2, 0.25) is 0 Å². The largest absolute Gasteiger partial charge is 0.508 e. The normalized spacial score (nSPS) is 20.6. The van der Waals surface area contributed by atoms with Gasteiger partial charge in [-0.2, -0.15) is 0 Å². The zero-order valence-corrected chi connectivity index (χ0v) is 12.8. The first kappa shape index (κ1) is 14.2. The summed E-state index contributed by atoms with van der Waals surface area (Å²) in [5.41, 5.74) is 1.63. The van der Waals surface area contributed by atoms with Gasteiger partial charge in [-0.3, -0.25) is 0 Å². The highest BCUT2D eigenvalue weighted by Crippen LogP contribution is 2.47. The highest BCUT2D eigenvalue weighted by molar-refractivity contribution is 5.80. The van der Waals surface area contributed by atoms with Crippen molar-refractivity contribution in [1.29, 1.82) is 0 Å². The molecule has 2 aliphatic rings. The SMILES string of the molecule is CCNC(=NCc1cccc(O)c1)N1CCC2(CCC2)C1. The fourth-order valence-corrected chi connectivity index (χ4v) is 3.45. The summed E-state index contributed by atoms with van der Waals surface area (Å²) in [7, 11) is 0. The van der Waals surface area contributed by atoms with Crippen LogP contribution in [0.1, 0.15) is 38.2 Å². The molecule has 1 aliphatic carbocycles. The summed E-state index contributed by atoms with van der Waals surface area (Å²) in [5.74, 6) is 1.33. The summed E-state index contributed by atoms with van der Waals surface area (Å²) in [4.78, 5) is 7.16. The van der Waals surface area contributed by atoms with E-state index in [1.807, 2.05) is 12.1 Å². The smallest absolute Gasteiger partial charge is 0.194 e. The minimum absolute atomic E-state index is 0.308. The van der Waals surface area contributed by atoms with Crippen LogP contribution >= 0.6 is 0 Å². The lowest BCUT2D eigenvalue weighted by atomic mass is 9.68. The molecular formula is C17H25N3O. The molecule has 2 N–H and O–H groups in total. The number of nitrogens with one attached hydrogen (secondary N) is 1. The maximum Gasteiger partial charge on any atom is 0.194 e. The van der Waals surface area contributed by atoms with Gasteiger partial charge < -0.3 is 15.3 Å². The standard InChI is InChI=1S/C17H25N3O/c1-2-18-16(19-12-14-5-3-6-15(21)11-14)20-10-9-17(13-20)7-4-8-17/h3,5-6,11,21H,2,4,7-10,12-13H2,1H3,(H,18,19). The van der Waals surface area contributed by atoms with Crippen LogP contribution in [-0.4, -0.2) is 35.6 Å². The number of guanidine groups is 1. The third-order valence-electron chi connectivity index (χ3n) is 4.81. The van der Waals surface area contributed by atoms with Crippen molar-refractivity contribution >= 4 is 5.96 Å². The molecule has 4 heteroatoms. The van der Waals surface area contributed by atoms with Gasteiger partial charge >= 0.3 is 0 Å². The van der Waals surface area contributed by atoms with Gasteiger partial charge in [-0.1, -0.05) is 18.6 Å². The summed E-state index contributed by atoms with van der Waals surface area (Å²) >= 11 is 0. The maximum atomic E-state index is 9.53. The van der Waals surface area contributed by atoms with Crippen molar-refractivity contribution in [3.8, 4) is 5.75 Å². The van der Waals surface area contributed by atoms with Crippen LogP contribution in [-0.2, 0) is 6.54 Å².